The first-order chi connectivity index (χ1) is 9.58. The second kappa shape index (κ2) is 8.39. The molecule has 1 rings (SSSR count). The van der Waals surface area contributed by atoms with E-state index in [2.05, 4.69) is 25.7 Å². The Kier molecular flexibility index (Phi) is 6.83. The minimum absolute atomic E-state index is 0.156. The standard InChI is InChI=1S/C17H23NO2/c1-4-14(2)12-17(20)18(3)13-16-9-6-5-8-15(16)10-7-11-19/h5-6,8-9,14,19H,4,11-13H2,1-3H3. The van der Waals surface area contributed by atoms with Crippen LogP contribution >= 0.6 is 0 Å². The van der Waals surface area contributed by atoms with Crippen LogP contribution in [0.4, 0.5) is 0 Å². The molecule has 1 unspecified atom stereocenters. The third-order valence-corrected chi connectivity index (χ3v) is 3.37. The Morgan fingerprint density at radius 2 is 2.10 bits per heavy atom. The quantitative estimate of drug-likeness (QED) is 0.837. The lowest BCUT2D eigenvalue weighted by molar-refractivity contribution is -0.131. The topological polar surface area (TPSA) is 40.5 Å². The van der Waals surface area contributed by atoms with Gasteiger partial charge in [-0.25, -0.2) is 0 Å². The van der Waals surface area contributed by atoms with Crippen molar-refractivity contribution in [3.8, 4) is 11.8 Å². The summed E-state index contributed by atoms with van der Waals surface area (Å²) in [6.45, 7) is 4.58. The van der Waals surface area contributed by atoms with Gasteiger partial charge in [0, 0.05) is 25.6 Å². The number of hydrogen-bond donors (Lipinski definition) is 1. The van der Waals surface area contributed by atoms with Crippen molar-refractivity contribution in [1.82, 2.24) is 4.90 Å². The van der Waals surface area contributed by atoms with Gasteiger partial charge in [-0.2, -0.15) is 0 Å². The minimum atomic E-state index is -0.156. The molecule has 0 aliphatic carbocycles. The van der Waals surface area contributed by atoms with E-state index < -0.39 is 0 Å². The molecule has 3 nitrogen and oxygen atoms in total. The minimum Gasteiger partial charge on any atom is -0.384 e. The number of amides is 1. The van der Waals surface area contributed by atoms with Crippen molar-refractivity contribution in [3.05, 3.63) is 35.4 Å². The second-order valence-corrected chi connectivity index (χ2v) is 5.08. The molecule has 0 fully saturated rings. The van der Waals surface area contributed by atoms with Crippen molar-refractivity contribution in [2.24, 2.45) is 5.92 Å². The molecule has 0 aromatic heterocycles. The van der Waals surface area contributed by atoms with Crippen LogP contribution < -0.4 is 0 Å². The number of rotatable bonds is 5. The van der Waals surface area contributed by atoms with Crippen molar-refractivity contribution < 1.29 is 9.90 Å². The molecular weight excluding hydrogens is 250 g/mol. The van der Waals surface area contributed by atoms with Gasteiger partial charge in [-0.05, 0) is 17.5 Å². The van der Waals surface area contributed by atoms with Crippen LogP contribution in [0, 0.1) is 17.8 Å². The van der Waals surface area contributed by atoms with Crippen molar-refractivity contribution >= 4 is 5.91 Å². The molecule has 108 valence electrons. The van der Waals surface area contributed by atoms with Crippen LogP contribution in [0.15, 0.2) is 24.3 Å². The summed E-state index contributed by atoms with van der Waals surface area (Å²) in [7, 11) is 1.82. The van der Waals surface area contributed by atoms with E-state index in [-0.39, 0.29) is 12.5 Å². The highest BCUT2D eigenvalue weighted by Gasteiger charge is 2.13. The van der Waals surface area contributed by atoms with E-state index in [0.29, 0.717) is 18.9 Å². The van der Waals surface area contributed by atoms with E-state index in [0.717, 1.165) is 17.5 Å². The van der Waals surface area contributed by atoms with Crippen molar-refractivity contribution in [2.75, 3.05) is 13.7 Å². The number of nitrogens with zero attached hydrogens (tertiary/aromatic N) is 1. The summed E-state index contributed by atoms with van der Waals surface area (Å²) in [6.07, 6.45) is 1.59. The van der Waals surface area contributed by atoms with Gasteiger partial charge >= 0.3 is 0 Å². The van der Waals surface area contributed by atoms with Crippen LogP contribution in [-0.4, -0.2) is 29.6 Å². The molecule has 1 aromatic rings. The highest BCUT2D eigenvalue weighted by atomic mass is 16.2. The largest absolute Gasteiger partial charge is 0.384 e. The van der Waals surface area contributed by atoms with E-state index >= 15 is 0 Å². The summed E-state index contributed by atoms with van der Waals surface area (Å²) in [5.41, 5.74) is 1.87. The van der Waals surface area contributed by atoms with Crippen molar-refractivity contribution in [3.63, 3.8) is 0 Å². The second-order valence-electron chi connectivity index (χ2n) is 5.08. The van der Waals surface area contributed by atoms with Gasteiger partial charge in [0.15, 0.2) is 0 Å². The van der Waals surface area contributed by atoms with Gasteiger partial charge < -0.3 is 10.0 Å². The van der Waals surface area contributed by atoms with Crippen LogP contribution in [0.2, 0.25) is 0 Å². The summed E-state index contributed by atoms with van der Waals surface area (Å²) >= 11 is 0. The van der Waals surface area contributed by atoms with Gasteiger partial charge in [-0.15, -0.1) is 0 Å². The average molecular weight is 273 g/mol. The highest BCUT2D eigenvalue weighted by Crippen LogP contribution is 2.13. The van der Waals surface area contributed by atoms with Crippen molar-refractivity contribution in [1.29, 1.82) is 0 Å². The fraction of sp³-hybridized carbons (Fsp3) is 0.471. The first-order valence-corrected chi connectivity index (χ1v) is 7.00. The number of carbonyl (C=O) groups excluding carboxylic acids is 1. The molecule has 1 atom stereocenters. The van der Waals surface area contributed by atoms with Gasteiger partial charge in [-0.1, -0.05) is 50.3 Å². The summed E-state index contributed by atoms with van der Waals surface area (Å²) in [6, 6.07) is 7.72. The lowest BCUT2D eigenvalue weighted by Crippen LogP contribution is -2.27. The Hall–Kier alpha value is -1.79. The zero-order chi connectivity index (χ0) is 15.0. The Bertz CT molecular complexity index is 499. The molecule has 0 saturated heterocycles. The van der Waals surface area contributed by atoms with Gasteiger partial charge in [0.2, 0.25) is 5.91 Å². The summed E-state index contributed by atoms with van der Waals surface area (Å²) in [5.74, 6) is 6.14. The SMILES string of the molecule is CCC(C)CC(=O)N(C)Cc1ccccc1C#CCO. The summed E-state index contributed by atoms with van der Waals surface area (Å²) in [5, 5.41) is 8.78. The number of benzene rings is 1. The van der Waals surface area contributed by atoms with E-state index in [1.54, 1.807) is 4.90 Å². The Morgan fingerprint density at radius 3 is 2.75 bits per heavy atom. The van der Waals surface area contributed by atoms with E-state index in [4.69, 9.17) is 5.11 Å². The molecule has 0 radical (unpaired) electrons. The molecular formula is C17H23NO2. The predicted molar refractivity (Wildman–Crippen MR) is 81.0 cm³/mol. The van der Waals surface area contributed by atoms with Gasteiger partial charge in [-0.3, -0.25) is 4.79 Å². The van der Waals surface area contributed by atoms with E-state index in [1.807, 2.05) is 31.3 Å². The average Bonchev–Trinajstić information content (AvgIpc) is 2.46. The predicted octanol–water partition coefficient (Wildman–Crippen LogP) is 2.43. The third-order valence-electron chi connectivity index (χ3n) is 3.37. The molecule has 0 saturated carbocycles. The first-order valence-electron chi connectivity index (χ1n) is 7.00. The third kappa shape index (κ3) is 5.07. The van der Waals surface area contributed by atoms with Crippen LogP contribution in [0.3, 0.4) is 0 Å². The summed E-state index contributed by atoms with van der Waals surface area (Å²) < 4.78 is 0. The monoisotopic (exact) mass is 273 g/mol. The number of hydrogen-bond acceptors (Lipinski definition) is 2. The highest BCUT2D eigenvalue weighted by molar-refractivity contribution is 5.76. The van der Waals surface area contributed by atoms with Crippen LogP contribution in [-0.2, 0) is 11.3 Å². The molecule has 1 amide bonds. The maximum atomic E-state index is 12.1. The molecule has 0 aliphatic rings. The maximum Gasteiger partial charge on any atom is 0.222 e. The molecule has 1 aromatic carbocycles. The Labute approximate surface area is 121 Å². The molecule has 0 aliphatic heterocycles. The fourth-order valence-electron chi connectivity index (χ4n) is 1.86. The van der Waals surface area contributed by atoms with Gasteiger partial charge in [0.1, 0.15) is 6.61 Å². The summed E-state index contributed by atoms with van der Waals surface area (Å²) in [4.78, 5) is 13.8. The molecule has 3 heteroatoms. The van der Waals surface area contributed by atoms with E-state index in [9.17, 15) is 4.79 Å². The molecule has 20 heavy (non-hydrogen) atoms. The number of carbonyl (C=O) groups is 1. The van der Waals surface area contributed by atoms with E-state index in [1.165, 1.54) is 0 Å². The zero-order valence-corrected chi connectivity index (χ0v) is 12.5. The number of aliphatic hydroxyl groups excluding tert-OH is 1. The molecule has 0 heterocycles. The lowest BCUT2D eigenvalue weighted by Gasteiger charge is -2.20. The van der Waals surface area contributed by atoms with Gasteiger partial charge in [0.05, 0.1) is 0 Å². The normalized spacial score (nSPS) is 11.4. The van der Waals surface area contributed by atoms with Gasteiger partial charge in [0.25, 0.3) is 0 Å². The van der Waals surface area contributed by atoms with Crippen LogP contribution in [0.25, 0.3) is 0 Å². The fourth-order valence-corrected chi connectivity index (χ4v) is 1.86. The smallest absolute Gasteiger partial charge is 0.222 e. The van der Waals surface area contributed by atoms with Crippen molar-refractivity contribution in [2.45, 2.75) is 33.2 Å². The molecule has 0 bridgehead atoms. The number of aliphatic hydroxyl groups is 1. The molecule has 0 spiro atoms. The lowest BCUT2D eigenvalue weighted by atomic mass is 10.0. The van der Waals surface area contributed by atoms with Crippen LogP contribution in [0.5, 0.6) is 0 Å². The first kappa shape index (κ1) is 16.3. The van der Waals surface area contributed by atoms with Crippen LogP contribution in [0.1, 0.15) is 37.8 Å². The molecule has 1 N–H and O–H groups in total. The maximum absolute atomic E-state index is 12.1. The Morgan fingerprint density at radius 1 is 1.40 bits per heavy atom. The zero-order valence-electron chi connectivity index (χ0n) is 12.5. The Balaban J connectivity index is 2.75.